The van der Waals surface area contributed by atoms with Crippen LogP contribution in [0, 0.1) is 0 Å². The maximum atomic E-state index is 11.7. The molecule has 0 aliphatic rings. The maximum absolute atomic E-state index is 11.7. The first-order valence-electron chi connectivity index (χ1n) is 1.86. The highest BCUT2D eigenvalue weighted by molar-refractivity contribution is 7.86. The number of hydrogen-bond donors (Lipinski definition) is 2. The molecule has 3 N–H and O–H groups in total. The second-order valence-corrected chi connectivity index (χ2v) is 2.86. The van der Waals surface area contributed by atoms with Gasteiger partial charge >= 0.3 is 15.4 Å². The lowest BCUT2D eigenvalue weighted by Crippen LogP contribution is -2.36. The van der Waals surface area contributed by atoms with Crippen LogP contribution in [0.3, 0.4) is 0 Å². The number of rotatable bonds is 2. The van der Waals surface area contributed by atoms with Crippen LogP contribution in [0.4, 0.5) is 27.6 Å². The van der Waals surface area contributed by atoms with Crippen molar-refractivity contribution < 1.29 is 40.6 Å². The average Bonchev–Trinajstić information content (AvgIpc) is 1.64. The highest BCUT2D eigenvalue weighted by Crippen LogP contribution is 2.17. The Labute approximate surface area is 69.3 Å². The molecule has 0 aliphatic heterocycles. The zero-order valence-electron chi connectivity index (χ0n) is 5.85. The smallest absolute Gasteiger partial charge is 0.324 e. The molecule has 4 nitrogen and oxygen atoms in total. The summed E-state index contributed by atoms with van der Waals surface area (Å²) in [5.74, 6) is 0. The Morgan fingerprint density at radius 3 is 1.38 bits per heavy atom. The van der Waals surface area contributed by atoms with E-state index < -0.39 is 21.9 Å². The molecule has 0 aliphatic carbocycles. The van der Waals surface area contributed by atoms with Crippen LogP contribution in [0.5, 0.6) is 0 Å². The molecule has 0 saturated heterocycles. The Hall–Kier alpha value is -0.550. The second-order valence-electron chi connectivity index (χ2n) is 1.32. The van der Waals surface area contributed by atoms with Crippen molar-refractivity contribution in [1.29, 1.82) is 0 Å². The van der Waals surface area contributed by atoms with Crippen LogP contribution in [-0.2, 0) is 10.1 Å². The summed E-state index contributed by atoms with van der Waals surface area (Å²) in [6, 6.07) is 0. The third-order valence-corrected chi connectivity index (χ3v) is 1.54. The predicted octanol–water partition coefficient (Wildman–Crippen LogP) is 0.0357. The molecule has 11 heteroatoms. The third-order valence-electron chi connectivity index (χ3n) is 0.615. The minimum absolute atomic E-state index is 0. The van der Waals surface area contributed by atoms with Crippen molar-refractivity contribution >= 4 is 10.1 Å². The first-order valence-corrected chi connectivity index (χ1v) is 3.30. The lowest BCUT2D eigenvalue weighted by molar-refractivity contribution is 0.0902. The lowest BCUT2D eigenvalue weighted by Gasteiger charge is -2.07. The van der Waals surface area contributed by atoms with Gasteiger partial charge in [0.2, 0.25) is 0 Å². The fraction of sp³-hybridized carbons (Fsp3) is 1.00. The van der Waals surface area contributed by atoms with E-state index in [0.717, 1.165) is 0 Å². The Morgan fingerprint density at radius 1 is 1.15 bits per heavy atom. The summed E-state index contributed by atoms with van der Waals surface area (Å²) >= 11 is 0. The van der Waals surface area contributed by atoms with Gasteiger partial charge in [-0.1, -0.05) is 0 Å². The molecular weight excluding hydrogens is 232 g/mol. The molecule has 0 bridgehead atoms. The summed E-state index contributed by atoms with van der Waals surface area (Å²) in [7, 11) is -5.31. The first-order chi connectivity index (χ1) is 3.81. The molecule has 0 saturated carbocycles. The van der Waals surface area contributed by atoms with Crippen molar-refractivity contribution in [3.63, 3.8) is 0 Å². The first kappa shape index (κ1) is 29.4. The number of alkyl halides is 2. The molecular formula is C2H9F6NO3S. The molecule has 0 rings (SSSR count). The van der Waals surface area contributed by atoms with E-state index in [4.69, 9.17) is 4.55 Å². The van der Waals surface area contributed by atoms with Gasteiger partial charge in [-0.3, -0.25) is 23.4 Å². The number of halogens is 6. The molecule has 0 amide bonds. The summed E-state index contributed by atoms with van der Waals surface area (Å²) in [6.07, 6.45) is 0. The van der Waals surface area contributed by atoms with Gasteiger partial charge < -0.3 is 5.73 Å². The fourth-order valence-corrected chi connectivity index (χ4v) is 0.316. The van der Waals surface area contributed by atoms with E-state index in [1.54, 1.807) is 0 Å². The number of hydrogen-bond acceptors (Lipinski definition) is 3. The summed E-state index contributed by atoms with van der Waals surface area (Å²) in [5, 5.41) is -4.22. The minimum Gasteiger partial charge on any atom is -0.324 e. The highest BCUT2D eigenvalue weighted by Gasteiger charge is 2.42. The van der Waals surface area contributed by atoms with Crippen molar-refractivity contribution in [2.45, 2.75) is 5.25 Å². The Kier molecular flexibility index (Phi) is 18.2. The van der Waals surface area contributed by atoms with Crippen LogP contribution in [0.1, 0.15) is 0 Å². The van der Waals surface area contributed by atoms with Gasteiger partial charge in [-0.15, -0.1) is 0 Å². The monoisotopic (exact) mass is 241 g/mol. The van der Waals surface area contributed by atoms with E-state index >= 15 is 0 Å². The maximum Gasteiger partial charge on any atom is 0.381 e. The quantitative estimate of drug-likeness (QED) is 0.528. The molecule has 0 unspecified atom stereocenters. The molecule has 0 heterocycles. The van der Waals surface area contributed by atoms with E-state index in [0.29, 0.717) is 0 Å². The normalized spacial score (nSPS) is 9.54. The molecule has 0 aromatic heterocycles. The van der Waals surface area contributed by atoms with Gasteiger partial charge in [0.1, 0.15) is 0 Å². The van der Waals surface area contributed by atoms with E-state index in [2.05, 4.69) is 5.73 Å². The Balaban J connectivity index is -0.0000000533. The topological polar surface area (TPSA) is 80.4 Å². The van der Waals surface area contributed by atoms with Crippen LogP contribution >= 0.6 is 0 Å². The van der Waals surface area contributed by atoms with Crippen molar-refractivity contribution in [1.82, 2.24) is 0 Å². The average molecular weight is 241 g/mol. The van der Waals surface area contributed by atoms with Gasteiger partial charge in [-0.05, 0) is 0 Å². The standard InChI is InChI=1S/C2H5F2NO3S.4FH/c3-2(4,1-5)9(6,7)8;;;;/h1,5H2,(H,6,7,8);4*1H. The van der Waals surface area contributed by atoms with E-state index in [1.165, 1.54) is 0 Å². The van der Waals surface area contributed by atoms with Gasteiger partial charge in [-0.25, -0.2) is 0 Å². The Morgan fingerprint density at radius 2 is 1.38 bits per heavy atom. The molecule has 0 aromatic carbocycles. The summed E-state index contributed by atoms with van der Waals surface area (Å²) in [4.78, 5) is 0. The highest BCUT2D eigenvalue weighted by atomic mass is 32.2. The molecule has 13 heavy (non-hydrogen) atoms. The molecule has 0 fully saturated rings. The minimum atomic E-state index is -5.31. The van der Waals surface area contributed by atoms with E-state index in [1.807, 2.05) is 0 Å². The van der Waals surface area contributed by atoms with Crippen LogP contribution in [0.2, 0.25) is 0 Å². The van der Waals surface area contributed by atoms with Gasteiger partial charge in [0.05, 0.1) is 6.54 Å². The predicted molar refractivity (Wildman–Crippen MR) is 35.6 cm³/mol. The SMILES string of the molecule is F.F.F.F.NCC(F)(F)S(=O)(=O)O. The summed E-state index contributed by atoms with van der Waals surface area (Å²) < 4.78 is 50.3. The number of nitrogens with two attached hydrogens (primary N) is 1. The van der Waals surface area contributed by atoms with Crippen molar-refractivity contribution in [2.75, 3.05) is 6.54 Å². The molecule has 0 atom stereocenters. The van der Waals surface area contributed by atoms with Gasteiger partial charge in [0.25, 0.3) is 0 Å². The van der Waals surface area contributed by atoms with Gasteiger partial charge in [-0.2, -0.15) is 17.2 Å². The van der Waals surface area contributed by atoms with Crippen molar-refractivity contribution in [2.24, 2.45) is 5.73 Å². The zero-order valence-corrected chi connectivity index (χ0v) is 6.66. The zero-order chi connectivity index (χ0) is 7.71. The van der Waals surface area contributed by atoms with E-state index in [-0.39, 0.29) is 18.8 Å². The van der Waals surface area contributed by atoms with E-state index in [9.17, 15) is 17.2 Å². The molecule has 0 aromatic rings. The Bertz CT molecular complexity index is 192. The van der Waals surface area contributed by atoms with Crippen LogP contribution in [-0.4, -0.2) is 24.8 Å². The molecule has 0 spiro atoms. The molecule has 88 valence electrons. The van der Waals surface area contributed by atoms with Crippen molar-refractivity contribution in [3.05, 3.63) is 0 Å². The second kappa shape index (κ2) is 8.07. The fourth-order valence-electron chi connectivity index (χ4n) is 0.105. The molecule has 0 radical (unpaired) electrons. The third kappa shape index (κ3) is 7.80. The largest absolute Gasteiger partial charge is 0.381 e. The lowest BCUT2D eigenvalue weighted by atomic mass is 10.7. The summed E-state index contributed by atoms with van der Waals surface area (Å²) in [6.45, 7) is -1.41. The van der Waals surface area contributed by atoms with Gasteiger partial charge in [0, 0.05) is 0 Å². The van der Waals surface area contributed by atoms with Crippen molar-refractivity contribution in [3.8, 4) is 0 Å². The van der Waals surface area contributed by atoms with Gasteiger partial charge in [0.15, 0.2) is 0 Å². The van der Waals surface area contributed by atoms with Crippen LogP contribution in [0.25, 0.3) is 0 Å². The van der Waals surface area contributed by atoms with Crippen LogP contribution in [0.15, 0.2) is 0 Å². The summed E-state index contributed by atoms with van der Waals surface area (Å²) in [5.41, 5.74) is 4.30. The van der Waals surface area contributed by atoms with Crippen LogP contribution < -0.4 is 5.73 Å².